The summed E-state index contributed by atoms with van der Waals surface area (Å²) >= 11 is 0. The van der Waals surface area contributed by atoms with Gasteiger partial charge in [0, 0.05) is 38.3 Å². The Labute approximate surface area is 97.2 Å². The summed E-state index contributed by atoms with van der Waals surface area (Å²) in [7, 11) is 1.77. The molecule has 3 nitrogen and oxygen atoms in total. The molecule has 0 aliphatic carbocycles. The first-order chi connectivity index (χ1) is 7.85. The van der Waals surface area contributed by atoms with E-state index in [-0.39, 0.29) is 0 Å². The number of nitrogens with two attached hydrogens (primary N) is 1. The van der Waals surface area contributed by atoms with Crippen molar-refractivity contribution in [2.45, 2.75) is 13.0 Å². The number of nitrogens with zero attached hydrogens (tertiary/aromatic N) is 1. The molecule has 0 aromatic heterocycles. The van der Waals surface area contributed by atoms with Crippen LogP contribution in [0.5, 0.6) is 0 Å². The predicted octanol–water partition coefficient (Wildman–Crippen LogP) is 1.62. The molecular formula is C13H20N2O. The van der Waals surface area contributed by atoms with Gasteiger partial charge in [-0.2, -0.15) is 0 Å². The first kappa shape index (κ1) is 11.4. The molecular weight excluding hydrogens is 200 g/mol. The Morgan fingerprint density at radius 2 is 2.25 bits per heavy atom. The van der Waals surface area contributed by atoms with Crippen molar-refractivity contribution in [3.05, 3.63) is 29.8 Å². The molecule has 3 heteroatoms. The van der Waals surface area contributed by atoms with E-state index in [4.69, 9.17) is 10.5 Å². The van der Waals surface area contributed by atoms with Crippen LogP contribution in [0.3, 0.4) is 0 Å². The highest BCUT2D eigenvalue weighted by atomic mass is 16.5. The topological polar surface area (TPSA) is 38.5 Å². The summed E-state index contributed by atoms with van der Waals surface area (Å²) < 4.78 is 5.22. The molecule has 2 rings (SSSR count). The summed E-state index contributed by atoms with van der Waals surface area (Å²) in [6.07, 6.45) is 1.22. The Morgan fingerprint density at radius 3 is 3.00 bits per heavy atom. The Hall–Kier alpha value is -1.06. The lowest BCUT2D eigenvalue weighted by Crippen LogP contribution is -2.22. The quantitative estimate of drug-likeness (QED) is 0.838. The van der Waals surface area contributed by atoms with Crippen LogP contribution in [0.15, 0.2) is 24.3 Å². The van der Waals surface area contributed by atoms with E-state index < -0.39 is 0 Å². The molecule has 1 aromatic rings. The maximum Gasteiger partial charge on any atom is 0.0508 e. The Kier molecular flexibility index (Phi) is 3.80. The zero-order chi connectivity index (χ0) is 11.4. The second-order valence-corrected chi connectivity index (χ2v) is 4.39. The van der Waals surface area contributed by atoms with Crippen LogP contribution in [0.1, 0.15) is 12.0 Å². The van der Waals surface area contributed by atoms with E-state index in [9.17, 15) is 0 Å². The minimum atomic E-state index is 0.613. The lowest BCUT2D eigenvalue weighted by atomic mass is 10.1. The molecule has 1 unspecified atom stereocenters. The third-order valence-electron chi connectivity index (χ3n) is 3.24. The average molecular weight is 220 g/mol. The summed E-state index contributed by atoms with van der Waals surface area (Å²) in [5.74, 6) is 0.663. The largest absolute Gasteiger partial charge is 0.384 e. The van der Waals surface area contributed by atoms with Crippen LogP contribution in [-0.2, 0) is 11.3 Å². The fraction of sp³-hybridized carbons (Fsp3) is 0.538. The number of hydrogen-bond donors (Lipinski definition) is 1. The predicted molar refractivity (Wildman–Crippen MR) is 66.5 cm³/mol. The van der Waals surface area contributed by atoms with E-state index in [1.165, 1.54) is 17.7 Å². The summed E-state index contributed by atoms with van der Waals surface area (Å²) in [4.78, 5) is 2.42. The van der Waals surface area contributed by atoms with Crippen LogP contribution in [0, 0.1) is 5.92 Å². The summed E-state index contributed by atoms with van der Waals surface area (Å²) in [6, 6.07) is 8.41. The van der Waals surface area contributed by atoms with Crippen LogP contribution >= 0.6 is 0 Å². The highest BCUT2D eigenvalue weighted by molar-refractivity contribution is 5.54. The van der Waals surface area contributed by atoms with Crippen molar-refractivity contribution in [2.24, 2.45) is 11.7 Å². The number of rotatable bonds is 4. The molecule has 0 amide bonds. The second kappa shape index (κ2) is 5.32. The van der Waals surface area contributed by atoms with Crippen LogP contribution in [0.25, 0.3) is 0 Å². The second-order valence-electron chi connectivity index (χ2n) is 4.39. The SMILES string of the molecule is COCC1CCN(c2ccccc2CN)C1. The molecule has 1 atom stereocenters. The molecule has 0 bridgehead atoms. The van der Waals surface area contributed by atoms with Gasteiger partial charge in [0.05, 0.1) is 6.61 Å². The van der Waals surface area contributed by atoms with Crippen molar-refractivity contribution < 1.29 is 4.74 Å². The van der Waals surface area contributed by atoms with E-state index in [2.05, 4.69) is 29.2 Å². The van der Waals surface area contributed by atoms with Gasteiger partial charge in [-0.25, -0.2) is 0 Å². The number of para-hydroxylation sites is 1. The molecule has 1 fully saturated rings. The zero-order valence-corrected chi connectivity index (χ0v) is 9.86. The molecule has 0 radical (unpaired) electrons. The molecule has 2 N–H and O–H groups in total. The van der Waals surface area contributed by atoms with Crippen LogP contribution in [-0.4, -0.2) is 26.8 Å². The Morgan fingerprint density at radius 1 is 1.44 bits per heavy atom. The first-order valence-electron chi connectivity index (χ1n) is 5.87. The van der Waals surface area contributed by atoms with Gasteiger partial charge in [0.1, 0.15) is 0 Å². The number of benzene rings is 1. The zero-order valence-electron chi connectivity index (χ0n) is 9.86. The fourth-order valence-electron chi connectivity index (χ4n) is 2.42. The third-order valence-corrected chi connectivity index (χ3v) is 3.24. The van der Waals surface area contributed by atoms with Crippen molar-refractivity contribution in [3.8, 4) is 0 Å². The normalized spacial score (nSPS) is 20.4. The third kappa shape index (κ3) is 2.36. The van der Waals surface area contributed by atoms with Crippen LogP contribution in [0.2, 0.25) is 0 Å². The molecule has 0 saturated carbocycles. The average Bonchev–Trinajstić information content (AvgIpc) is 2.78. The number of ether oxygens (including phenoxy) is 1. The number of methoxy groups -OCH3 is 1. The van der Waals surface area contributed by atoms with Gasteiger partial charge in [-0.05, 0) is 18.1 Å². The maximum atomic E-state index is 5.76. The van der Waals surface area contributed by atoms with E-state index in [0.29, 0.717) is 12.5 Å². The maximum absolute atomic E-state index is 5.76. The summed E-state index contributed by atoms with van der Waals surface area (Å²) in [5.41, 5.74) is 8.29. The van der Waals surface area contributed by atoms with Crippen molar-refractivity contribution in [2.75, 3.05) is 31.7 Å². The van der Waals surface area contributed by atoms with Gasteiger partial charge in [0.25, 0.3) is 0 Å². The standard InChI is InChI=1S/C13H20N2O/c1-16-10-11-6-7-15(9-11)13-5-3-2-4-12(13)8-14/h2-5,11H,6-10,14H2,1H3. The van der Waals surface area contributed by atoms with Crippen LogP contribution < -0.4 is 10.6 Å². The van der Waals surface area contributed by atoms with Gasteiger partial charge in [0.2, 0.25) is 0 Å². The lowest BCUT2D eigenvalue weighted by molar-refractivity contribution is 0.161. The van der Waals surface area contributed by atoms with E-state index in [1.54, 1.807) is 7.11 Å². The fourth-order valence-corrected chi connectivity index (χ4v) is 2.42. The van der Waals surface area contributed by atoms with Crippen molar-refractivity contribution >= 4 is 5.69 Å². The van der Waals surface area contributed by atoms with E-state index in [0.717, 1.165) is 19.7 Å². The smallest absolute Gasteiger partial charge is 0.0508 e. The minimum absolute atomic E-state index is 0.613. The minimum Gasteiger partial charge on any atom is -0.384 e. The van der Waals surface area contributed by atoms with E-state index in [1.807, 2.05) is 0 Å². The molecule has 1 aromatic carbocycles. The van der Waals surface area contributed by atoms with Crippen molar-refractivity contribution in [1.29, 1.82) is 0 Å². The number of hydrogen-bond acceptors (Lipinski definition) is 3. The van der Waals surface area contributed by atoms with Gasteiger partial charge >= 0.3 is 0 Å². The Bertz CT molecular complexity index is 340. The lowest BCUT2D eigenvalue weighted by Gasteiger charge is -2.21. The van der Waals surface area contributed by atoms with Crippen molar-refractivity contribution in [3.63, 3.8) is 0 Å². The van der Waals surface area contributed by atoms with Crippen molar-refractivity contribution in [1.82, 2.24) is 0 Å². The number of anilines is 1. The summed E-state index contributed by atoms with van der Waals surface area (Å²) in [5, 5.41) is 0. The first-order valence-corrected chi connectivity index (χ1v) is 5.87. The highest BCUT2D eigenvalue weighted by Crippen LogP contribution is 2.26. The van der Waals surface area contributed by atoms with Gasteiger partial charge < -0.3 is 15.4 Å². The summed E-state index contributed by atoms with van der Waals surface area (Å²) in [6.45, 7) is 3.68. The van der Waals surface area contributed by atoms with Crippen LogP contribution in [0.4, 0.5) is 5.69 Å². The molecule has 1 saturated heterocycles. The molecule has 1 aliphatic rings. The van der Waals surface area contributed by atoms with Gasteiger partial charge in [0.15, 0.2) is 0 Å². The van der Waals surface area contributed by atoms with E-state index >= 15 is 0 Å². The monoisotopic (exact) mass is 220 g/mol. The molecule has 88 valence electrons. The van der Waals surface area contributed by atoms with Gasteiger partial charge in [-0.1, -0.05) is 18.2 Å². The molecule has 1 aliphatic heterocycles. The van der Waals surface area contributed by atoms with Gasteiger partial charge in [-0.15, -0.1) is 0 Å². The van der Waals surface area contributed by atoms with Gasteiger partial charge in [-0.3, -0.25) is 0 Å². The Balaban J connectivity index is 2.08. The highest BCUT2D eigenvalue weighted by Gasteiger charge is 2.23. The molecule has 16 heavy (non-hydrogen) atoms. The molecule has 1 heterocycles. The molecule has 0 spiro atoms.